The Hall–Kier alpha value is -0.680. The molecule has 0 aliphatic carbocycles. The summed E-state index contributed by atoms with van der Waals surface area (Å²) in [6.45, 7) is 1.98. The van der Waals surface area contributed by atoms with Crippen molar-refractivity contribution in [3.63, 3.8) is 0 Å². The van der Waals surface area contributed by atoms with Gasteiger partial charge < -0.3 is 5.73 Å². The minimum atomic E-state index is -0.234. The van der Waals surface area contributed by atoms with E-state index in [0.29, 0.717) is 5.56 Å². The summed E-state index contributed by atoms with van der Waals surface area (Å²) in [5, 5.41) is 0. The van der Waals surface area contributed by atoms with Crippen LogP contribution in [0.4, 0.5) is 4.39 Å². The van der Waals surface area contributed by atoms with Gasteiger partial charge in [0.1, 0.15) is 5.82 Å². The molecule has 0 amide bonds. The van der Waals surface area contributed by atoms with Crippen LogP contribution in [0.1, 0.15) is 18.4 Å². The van der Waals surface area contributed by atoms with E-state index in [1.54, 1.807) is 12.1 Å². The van der Waals surface area contributed by atoms with E-state index in [1.165, 1.54) is 6.07 Å². The molecule has 2 rings (SSSR count). The molecule has 3 unspecified atom stereocenters. The molecule has 3 atom stereocenters. The quantitative estimate of drug-likeness (QED) is 0.679. The van der Waals surface area contributed by atoms with Gasteiger partial charge in [0.05, 0.1) is 6.17 Å². The van der Waals surface area contributed by atoms with E-state index in [4.69, 9.17) is 5.73 Å². The highest BCUT2D eigenvalue weighted by molar-refractivity contribution is 5.85. The molecule has 0 bridgehead atoms. The standard InChI is InChI=1S/C10H14FN3.ClH/c1-6-9(10(12)14-13-6)7-4-2-3-5-8(7)11;/h2-6,9-10,13-14H,12H2,1H3;1H. The lowest BCUT2D eigenvalue weighted by molar-refractivity contribution is 0.514. The van der Waals surface area contributed by atoms with Crippen LogP contribution in [0.15, 0.2) is 24.3 Å². The molecular formula is C10H15ClFN3. The first kappa shape index (κ1) is 12.4. The van der Waals surface area contributed by atoms with Gasteiger partial charge in [0, 0.05) is 12.0 Å². The Bertz CT molecular complexity index is 324. The fourth-order valence-corrected chi connectivity index (χ4v) is 1.93. The van der Waals surface area contributed by atoms with Crippen LogP contribution >= 0.6 is 12.4 Å². The Morgan fingerprint density at radius 2 is 1.93 bits per heavy atom. The third kappa shape index (κ3) is 2.29. The Kier molecular flexibility index (Phi) is 4.04. The number of hydrogen-bond acceptors (Lipinski definition) is 3. The highest BCUT2D eigenvalue weighted by Gasteiger charge is 2.33. The molecule has 0 radical (unpaired) electrons. The second-order valence-corrected chi connectivity index (χ2v) is 3.65. The van der Waals surface area contributed by atoms with Crippen molar-refractivity contribution in [1.29, 1.82) is 0 Å². The van der Waals surface area contributed by atoms with Crippen LogP contribution in [0.25, 0.3) is 0 Å². The molecule has 1 fully saturated rings. The summed E-state index contributed by atoms with van der Waals surface area (Å²) in [4.78, 5) is 0. The molecule has 1 aromatic carbocycles. The summed E-state index contributed by atoms with van der Waals surface area (Å²) in [5.41, 5.74) is 12.4. The topological polar surface area (TPSA) is 50.1 Å². The van der Waals surface area contributed by atoms with E-state index >= 15 is 0 Å². The molecule has 1 aliphatic heterocycles. The zero-order chi connectivity index (χ0) is 10.1. The first-order valence-corrected chi connectivity index (χ1v) is 4.71. The molecule has 84 valence electrons. The van der Waals surface area contributed by atoms with Gasteiger partial charge in [-0.05, 0) is 18.6 Å². The monoisotopic (exact) mass is 231 g/mol. The molecule has 1 aliphatic rings. The van der Waals surface area contributed by atoms with Gasteiger partial charge in [-0.1, -0.05) is 18.2 Å². The van der Waals surface area contributed by atoms with Crippen LogP contribution in [0.5, 0.6) is 0 Å². The van der Waals surface area contributed by atoms with Gasteiger partial charge in [-0.2, -0.15) is 0 Å². The van der Waals surface area contributed by atoms with E-state index in [1.807, 2.05) is 13.0 Å². The average Bonchev–Trinajstić information content (AvgIpc) is 2.48. The number of halogens is 2. The number of benzene rings is 1. The van der Waals surface area contributed by atoms with Crippen LogP contribution in [-0.4, -0.2) is 12.2 Å². The predicted molar refractivity (Wildman–Crippen MR) is 60.1 cm³/mol. The van der Waals surface area contributed by atoms with Crippen LogP contribution in [0, 0.1) is 5.82 Å². The van der Waals surface area contributed by atoms with Crippen LogP contribution in [0.2, 0.25) is 0 Å². The molecule has 4 N–H and O–H groups in total. The second kappa shape index (κ2) is 4.90. The van der Waals surface area contributed by atoms with Crippen molar-refractivity contribution in [1.82, 2.24) is 10.9 Å². The first-order chi connectivity index (χ1) is 6.70. The Morgan fingerprint density at radius 3 is 2.47 bits per heavy atom. The van der Waals surface area contributed by atoms with Crippen molar-refractivity contribution in [3.8, 4) is 0 Å². The zero-order valence-electron chi connectivity index (χ0n) is 8.41. The maximum Gasteiger partial charge on any atom is 0.126 e. The average molecular weight is 232 g/mol. The van der Waals surface area contributed by atoms with E-state index in [2.05, 4.69) is 10.9 Å². The fourth-order valence-electron chi connectivity index (χ4n) is 1.93. The summed E-state index contributed by atoms with van der Waals surface area (Å²) in [6, 6.07) is 6.90. The van der Waals surface area contributed by atoms with Crippen molar-refractivity contribution in [2.45, 2.75) is 25.0 Å². The summed E-state index contributed by atoms with van der Waals surface area (Å²) in [5.74, 6) is -0.207. The number of nitrogens with one attached hydrogen (secondary N) is 2. The van der Waals surface area contributed by atoms with Crippen LogP contribution < -0.4 is 16.6 Å². The third-order valence-electron chi connectivity index (χ3n) is 2.67. The van der Waals surface area contributed by atoms with E-state index in [0.717, 1.165) is 0 Å². The zero-order valence-corrected chi connectivity index (χ0v) is 9.22. The van der Waals surface area contributed by atoms with Crippen LogP contribution in [0.3, 0.4) is 0 Å². The Balaban J connectivity index is 0.00000112. The molecular weight excluding hydrogens is 217 g/mol. The highest BCUT2D eigenvalue weighted by Crippen LogP contribution is 2.26. The third-order valence-corrected chi connectivity index (χ3v) is 2.67. The van der Waals surface area contributed by atoms with Gasteiger partial charge in [0.15, 0.2) is 0 Å². The number of rotatable bonds is 1. The van der Waals surface area contributed by atoms with Gasteiger partial charge in [-0.25, -0.2) is 9.82 Å². The fraction of sp³-hybridized carbons (Fsp3) is 0.400. The summed E-state index contributed by atoms with van der Waals surface area (Å²) in [6.07, 6.45) is -0.234. The van der Waals surface area contributed by atoms with Crippen molar-refractivity contribution >= 4 is 12.4 Å². The maximum atomic E-state index is 13.5. The van der Waals surface area contributed by atoms with Crippen molar-refractivity contribution in [2.24, 2.45) is 5.73 Å². The summed E-state index contributed by atoms with van der Waals surface area (Å²) in [7, 11) is 0. The van der Waals surface area contributed by atoms with Gasteiger partial charge in [0.25, 0.3) is 0 Å². The van der Waals surface area contributed by atoms with Gasteiger partial charge in [0.2, 0.25) is 0 Å². The molecule has 3 nitrogen and oxygen atoms in total. The number of hydrazine groups is 1. The van der Waals surface area contributed by atoms with E-state index in [-0.39, 0.29) is 36.3 Å². The first-order valence-electron chi connectivity index (χ1n) is 4.71. The highest BCUT2D eigenvalue weighted by atomic mass is 35.5. The molecule has 1 aromatic rings. The predicted octanol–water partition coefficient (Wildman–Crippen LogP) is 1.11. The van der Waals surface area contributed by atoms with Crippen molar-refractivity contribution in [2.75, 3.05) is 0 Å². The molecule has 0 saturated carbocycles. The lowest BCUT2D eigenvalue weighted by atomic mass is 9.91. The summed E-state index contributed by atoms with van der Waals surface area (Å²) >= 11 is 0. The lowest BCUT2D eigenvalue weighted by Crippen LogP contribution is -2.38. The maximum absolute atomic E-state index is 13.5. The minimum Gasteiger partial charge on any atom is -0.314 e. The second-order valence-electron chi connectivity index (χ2n) is 3.65. The van der Waals surface area contributed by atoms with Gasteiger partial charge in [-0.15, -0.1) is 12.4 Å². The number of nitrogens with two attached hydrogens (primary N) is 1. The van der Waals surface area contributed by atoms with E-state index < -0.39 is 0 Å². The minimum absolute atomic E-state index is 0. The normalized spacial score (nSPS) is 29.9. The smallest absolute Gasteiger partial charge is 0.126 e. The molecule has 1 saturated heterocycles. The van der Waals surface area contributed by atoms with E-state index in [9.17, 15) is 4.39 Å². The van der Waals surface area contributed by atoms with Crippen molar-refractivity contribution < 1.29 is 4.39 Å². The Morgan fingerprint density at radius 1 is 1.27 bits per heavy atom. The molecule has 0 aromatic heterocycles. The van der Waals surface area contributed by atoms with Crippen LogP contribution in [-0.2, 0) is 0 Å². The molecule has 5 heteroatoms. The molecule has 1 heterocycles. The van der Waals surface area contributed by atoms with Gasteiger partial charge >= 0.3 is 0 Å². The lowest BCUT2D eigenvalue weighted by Gasteiger charge is -2.18. The largest absolute Gasteiger partial charge is 0.314 e. The van der Waals surface area contributed by atoms with Gasteiger partial charge in [-0.3, -0.25) is 5.43 Å². The number of hydrogen-bond donors (Lipinski definition) is 3. The SMILES string of the molecule is CC1NNC(N)C1c1ccccc1F.Cl. The molecule has 0 spiro atoms. The Labute approximate surface area is 94.6 Å². The van der Waals surface area contributed by atoms with Crippen molar-refractivity contribution in [3.05, 3.63) is 35.6 Å². The summed E-state index contributed by atoms with van der Waals surface area (Å²) < 4.78 is 13.5. The molecule has 15 heavy (non-hydrogen) atoms.